The highest BCUT2D eigenvalue weighted by atomic mass is 19.1. The third-order valence-electron chi connectivity index (χ3n) is 3.49. The van der Waals surface area contributed by atoms with Gasteiger partial charge in [-0.1, -0.05) is 0 Å². The molecule has 1 unspecified atom stereocenters. The summed E-state index contributed by atoms with van der Waals surface area (Å²) in [5.41, 5.74) is 6.31. The molecule has 2 amide bonds. The van der Waals surface area contributed by atoms with Crippen LogP contribution >= 0.6 is 0 Å². The van der Waals surface area contributed by atoms with Gasteiger partial charge < -0.3 is 20.7 Å². The van der Waals surface area contributed by atoms with Gasteiger partial charge in [0.05, 0.1) is 18.7 Å². The summed E-state index contributed by atoms with van der Waals surface area (Å²) in [5.74, 6) is -0.976. The number of carbonyl (C=O) groups is 2. The van der Waals surface area contributed by atoms with Gasteiger partial charge in [0.15, 0.2) is 0 Å². The number of ether oxygens (including phenoxy) is 1. The number of amides is 2. The highest BCUT2D eigenvalue weighted by Gasteiger charge is 2.29. The fraction of sp³-hybridized carbons (Fsp3) is 0.429. The van der Waals surface area contributed by atoms with Crippen LogP contribution in [0, 0.1) is 12.7 Å². The molecule has 1 aromatic rings. The van der Waals surface area contributed by atoms with E-state index < -0.39 is 17.8 Å². The smallest absolute Gasteiger partial charge is 0.407 e. The van der Waals surface area contributed by atoms with Crippen LogP contribution in [0.1, 0.15) is 22.3 Å². The van der Waals surface area contributed by atoms with Crippen LogP contribution in [0.2, 0.25) is 0 Å². The second-order valence-electron chi connectivity index (χ2n) is 5.07. The molecule has 1 aromatic carbocycles. The van der Waals surface area contributed by atoms with Crippen molar-refractivity contribution in [3.05, 3.63) is 29.1 Å². The lowest BCUT2D eigenvalue weighted by Gasteiger charge is -2.18. The first-order valence-corrected chi connectivity index (χ1v) is 6.61. The number of alkyl carbamates (subject to hydrolysis) is 1. The molecule has 0 spiro atoms. The summed E-state index contributed by atoms with van der Waals surface area (Å²) in [6, 6.07) is 2.63. The Morgan fingerprint density at radius 2 is 2.19 bits per heavy atom. The number of nitrogen functional groups attached to an aromatic ring is 1. The van der Waals surface area contributed by atoms with Crippen LogP contribution < -0.4 is 11.1 Å². The molecule has 1 aliphatic rings. The minimum atomic E-state index is -0.557. The first-order chi connectivity index (χ1) is 9.92. The summed E-state index contributed by atoms with van der Waals surface area (Å²) in [5, 5.41) is 2.63. The number of benzene rings is 1. The lowest BCUT2D eigenvalue weighted by molar-refractivity contribution is 0.0783. The van der Waals surface area contributed by atoms with E-state index in [4.69, 9.17) is 5.73 Å². The topological polar surface area (TPSA) is 84.7 Å². The molecular weight excluding hydrogens is 277 g/mol. The van der Waals surface area contributed by atoms with Gasteiger partial charge in [0.2, 0.25) is 0 Å². The molecule has 0 bridgehead atoms. The minimum Gasteiger partial charge on any atom is -0.453 e. The van der Waals surface area contributed by atoms with E-state index in [0.717, 1.165) is 0 Å². The summed E-state index contributed by atoms with van der Waals surface area (Å²) in [4.78, 5) is 25.0. The Bertz CT molecular complexity index is 577. The van der Waals surface area contributed by atoms with Crippen molar-refractivity contribution >= 4 is 17.7 Å². The average molecular weight is 295 g/mol. The van der Waals surface area contributed by atoms with E-state index in [0.29, 0.717) is 30.8 Å². The van der Waals surface area contributed by atoms with E-state index in [1.807, 2.05) is 0 Å². The standard InChI is InChI=1S/C14H18FN3O3/c1-8-5-9(16)6-11(12(8)15)13(19)18-4-3-10(7-18)17-14(20)21-2/h5-6,10H,3-4,7,16H2,1-2H3,(H,17,20). The Balaban J connectivity index is 2.10. The predicted molar refractivity (Wildman–Crippen MR) is 75.4 cm³/mol. The van der Waals surface area contributed by atoms with Crippen molar-refractivity contribution in [1.82, 2.24) is 10.2 Å². The van der Waals surface area contributed by atoms with Crippen molar-refractivity contribution in [3.8, 4) is 0 Å². The fourth-order valence-electron chi connectivity index (χ4n) is 2.41. The van der Waals surface area contributed by atoms with E-state index in [2.05, 4.69) is 10.1 Å². The Morgan fingerprint density at radius 3 is 2.86 bits per heavy atom. The molecule has 114 valence electrons. The van der Waals surface area contributed by atoms with Crippen LogP contribution in [0.4, 0.5) is 14.9 Å². The maximum Gasteiger partial charge on any atom is 0.407 e. The molecular formula is C14H18FN3O3. The van der Waals surface area contributed by atoms with Gasteiger partial charge in [-0.25, -0.2) is 9.18 Å². The van der Waals surface area contributed by atoms with E-state index in [9.17, 15) is 14.0 Å². The molecule has 1 heterocycles. The predicted octanol–water partition coefficient (Wildman–Crippen LogP) is 1.29. The second-order valence-corrected chi connectivity index (χ2v) is 5.07. The number of hydrogen-bond donors (Lipinski definition) is 2. The van der Waals surface area contributed by atoms with E-state index in [-0.39, 0.29) is 11.6 Å². The zero-order valence-electron chi connectivity index (χ0n) is 12.0. The van der Waals surface area contributed by atoms with Crippen molar-refractivity contribution < 1.29 is 18.7 Å². The molecule has 0 saturated carbocycles. The molecule has 0 aromatic heterocycles. The molecule has 1 fully saturated rings. The summed E-state index contributed by atoms with van der Waals surface area (Å²) in [7, 11) is 1.28. The molecule has 6 nitrogen and oxygen atoms in total. The van der Waals surface area contributed by atoms with Gasteiger partial charge >= 0.3 is 6.09 Å². The maximum absolute atomic E-state index is 14.1. The first kappa shape index (κ1) is 15.1. The summed E-state index contributed by atoms with van der Waals surface area (Å²) in [6.07, 6.45) is 0.0595. The number of hydrogen-bond acceptors (Lipinski definition) is 4. The van der Waals surface area contributed by atoms with E-state index in [1.165, 1.54) is 24.1 Å². The SMILES string of the molecule is COC(=O)NC1CCN(C(=O)c2cc(N)cc(C)c2F)C1. The molecule has 0 aliphatic carbocycles. The van der Waals surface area contributed by atoms with E-state index in [1.54, 1.807) is 6.92 Å². The summed E-state index contributed by atoms with van der Waals surface area (Å²) in [6.45, 7) is 2.33. The van der Waals surface area contributed by atoms with Crippen LogP contribution in [0.3, 0.4) is 0 Å². The zero-order chi connectivity index (χ0) is 15.6. The molecule has 1 aliphatic heterocycles. The van der Waals surface area contributed by atoms with Gasteiger partial charge in [0, 0.05) is 18.8 Å². The Hall–Kier alpha value is -2.31. The second kappa shape index (κ2) is 5.99. The fourth-order valence-corrected chi connectivity index (χ4v) is 2.41. The van der Waals surface area contributed by atoms with Crippen LogP contribution in [0.25, 0.3) is 0 Å². The van der Waals surface area contributed by atoms with Crippen LogP contribution in [-0.4, -0.2) is 43.1 Å². The van der Waals surface area contributed by atoms with Crippen molar-refractivity contribution in [2.45, 2.75) is 19.4 Å². The van der Waals surface area contributed by atoms with Gasteiger partial charge in [0.1, 0.15) is 5.82 Å². The minimum absolute atomic E-state index is 0.0359. The Kier molecular flexibility index (Phi) is 4.30. The highest BCUT2D eigenvalue weighted by molar-refractivity contribution is 5.96. The van der Waals surface area contributed by atoms with Crippen molar-refractivity contribution in [2.24, 2.45) is 0 Å². The van der Waals surface area contributed by atoms with Crippen LogP contribution in [-0.2, 0) is 4.74 Å². The number of nitrogens with two attached hydrogens (primary N) is 1. The third-order valence-corrected chi connectivity index (χ3v) is 3.49. The van der Waals surface area contributed by atoms with Crippen molar-refractivity contribution in [3.63, 3.8) is 0 Å². The quantitative estimate of drug-likeness (QED) is 0.805. The number of nitrogens with zero attached hydrogens (tertiary/aromatic N) is 1. The molecule has 1 atom stereocenters. The molecule has 3 N–H and O–H groups in total. The van der Waals surface area contributed by atoms with Crippen LogP contribution in [0.15, 0.2) is 12.1 Å². The molecule has 1 saturated heterocycles. The van der Waals surface area contributed by atoms with E-state index >= 15 is 0 Å². The number of halogens is 1. The summed E-state index contributed by atoms with van der Waals surface area (Å²) >= 11 is 0. The van der Waals surface area contributed by atoms with Gasteiger partial charge in [-0.3, -0.25) is 4.79 Å². The zero-order valence-corrected chi connectivity index (χ0v) is 12.0. The normalized spacial score (nSPS) is 17.7. The first-order valence-electron chi connectivity index (χ1n) is 6.61. The lowest BCUT2D eigenvalue weighted by atomic mass is 10.1. The van der Waals surface area contributed by atoms with Crippen molar-refractivity contribution in [2.75, 3.05) is 25.9 Å². The number of anilines is 1. The molecule has 7 heteroatoms. The van der Waals surface area contributed by atoms with Gasteiger partial charge in [0.25, 0.3) is 5.91 Å². The van der Waals surface area contributed by atoms with Gasteiger partial charge in [-0.15, -0.1) is 0 Å². The van der Waals surface area contributed by atoms with Gasteiger partial charge in [-0.2, -0.15) is 0 Å². The number of methoxy groups -OCH3 is 1. The number of carbonyl (C=O) groups excluding carboxylic acids is 2. The number of likely N-dealkylation sites (tertiary alicyclic amines) is 1. The Morgan fingerprint density at radius 1 is 1.48 bits per heavy atom. The number of rotatable bonds is 2. The summed E-state index contributed by atoms with van der Waals surface area (Å²) < 4.78 is 18.6. The molecule has 2 rings (SSSR count). The number of nitrogens with one attached hydrogen (secondary N) is 1. The largest absolute Gasteiger partial charge is 0.453 e. The highest BCUT2D eigenvalue weighted by Crippen LogP contribution is 2.21. The van der Waals surface area contributed by atoms with Crippen LogP contribution in [0.5, 0.6) is 0 Å². The third kappa shape index (κ3) is 3.24. The number of aryl methyl sites for hydroxylation is 1. The maximum atomic E-state index is 14.1. The Labute approximate surface area is 122 Å². The van der Waals surface area contributed by atoms with Gasteiger partial charge in [-0.05, 0) is 31.0 Å². The lowest BCUT2D eigenvalue weighted by Crippen LogP contribution is -2.38. The molecule has 0 radical (unpaired) electrons. The molecule has 21 heavy (non-hydrogen) atoms. The average Bonchev–Trinajstić information content (AvgIpc) is 2.90. The van der Waals surface area contributed by atoms with Crippen molar-refractivity contribution in [1.29, 1.82) is 0 Å². The monoisotopic (exact) mass is 295 g/mol.